The van der Waals surface area contributed by atoms with Crippen LogP contribution in [0.1, 0.15) is 22.3 Å². The summed E-state index contributed by atoms with van der Waals surface area (Å²) in [6.45, 7) is 0. The van der Waals surface area contributed by atoms with Crippen molar-refractivity contribution in [2.24, 2.45) is 0 Å². The van der Waals surface area contributed by atoms with E-state index in [2.05, 4.69) is 4.74 Å². The molecule has 0 aromatic heterocycles. The highest BCUT2D eigenvalue weighted by molar-refractivity contribution is 6.01. The summed E-state index contributed by atoms with van der Waals surface area (Å²) in [5.74, 6) is -9.33. The lowest BCUT2D eigenvalue weighted by atomic mass is 10.1. The van der Waals surface area contributed by atoms with Crippen LogP contribution in [0.15, 0.2) is 12.1 Å². The van der Waals surface area contributed by atoms with Gasteiger partial charge in [-0.25, -0.2) is 13.6 Å². The molecule has 1 N–H and O–H groups in total. The van der Waals surface area contributed by atoms with Crippen molar-refractivity contribution < 1.29 is 46.2 Å². The Morgan fingerprint density at radius 2 is 1.71 bits per heavy atom. The summed E-state index contributed by atoms with van der Waals surface area (Å²) < 4.78 is 67.6. The zero-order chi connectivity index (χ0) is 16.4. The quantitative estimate of drug-likeness (QED) is 0.525. The Morgan fingerprint density at radius 1 is 1.14 bits per heavy atom. The fraction of sp³-hybridized carbons (Fsp3) is 0.182. The number of carboxylic acid groups (broad SMARTS) is 1. The van der Waals surface area contributed by atoms with E-state index in [1.54, 1.807) is 0 Å². The van der Waals surface area contributed by atoms with Crippen molar-refractivity contribution in [1.82, 2.24) is 0 Å². The van der Waals surface area contributed by atoms with E-state index >= 15 is 0 Å². The van der Waals surface area contributed by atoms with Crippen LogP contribution in [0.2, 0.25) is 0 Å². The number of benzene rings is 1. The van der Waals surface area contributed by atoms with Gasteiger partial charge in [-0.3, -0.25) is 9.59 Å². The average Bonchev–Trinajstić information content (AvgIpc) is 2.24. The summed E-state index contributed by atoms with van der Waals surface area (Å²) in [4.78, 5) is 32.3. The van der Waals surface area contributed by atoms with Crippen molar-refractivity contribution in [2.75, 3.05) is 0 Å². The van der Waals surface area contributed by atoms with Crippen LogP contribution in [0.5, 0.6) is 0 Å². The molecule has 114 valence electrons. The second-order valence-corrected chi connectivity index (χ2v) is 3.61. The van der Waals surface area contributed by atoms with Gasteiger partial charge < -0.3 is 9.84 Å². The van der Waals surface area contributed by atoms with Gasteiger partial charge in [-0.2, -0.15) is 13.2 Å². The van der Waals surface area contributed by atoms with Crippen molar-refractivity contribution in [3.8, 4) is 0 Å². The number of ether oxygens (including phenoxy) is 1. The molecule has 1 rings (SSSR count). The Hall–Kier alpha value is -2.52. The molecule has 0 spiro atoms. The zero-order valence-corrected chi connectivity index (χ0v) is 9.83. The molecule has 0 unspecified atom stereocenters. The zero-order valence-electron chi connectivity index (χ0n) is 9.83. The Bertz CT molecular complexity index is 608. The van der Waals surface area contributed by atoms with Crippen molar-refractivity contribution in [3.05, 3.63) is 34.9 Å². The molecule has 0 amide bonds. The number of carbonyl (C=O) groups is 3. The molecular weight excluding hydrogens is 307 g/mol. The number of alkyl halides is 3. The van der Waals surface area contributed by atoms with Gasteiger partial charge in [-0.05, 0) is 12.1 Å². The van der Waals surface area contributed by atoms with Crippen molar-refractivity contribution in [3.63, 3.8) is 0 Å². The third-order valence-corrected chi connectivity index (χ3v) is 2.10. The van der Waals surface area contributed by atoms with E-state index in [1.807, 2.05) is 0 Å². The number of hydrogen-bond acceptors (Lipinski definition) is 4. The average molecular weight is 312 g/mol. The second kappa shape index (κ2) is 5.85. The summed E-state index contributed by atoms with van der Waals surface area (Å²) in [7, 11) is 0. The molecule has 21 heavy (non-hydrogen) atoms. The molecule has 10 heteroatoms. The Kier molecular flexibility index (Phi) is 4.61. The fourth-order valence-corrected chi connectivity index (χ4v) is 1.29. The third-order valence-electron chi connectivity index (χ3n) is 2.10. The summed E-state index contributed by atoms with van der Waals surface area (Å²) >= 11 is 0. The molecule has 0 aliphatic heterocycles. The summed E-state index contributed by atoms with van der Waals surface area (Å²) in [6, 6.07) is 0.514. The van der Waals surface area contributed by atoms with Gasteiger partial charge in [0.15, 0.2) is 5.82 Å². The summed E-state index contributed by atoms with van der Waals surface area (Å²) in [6.07, 6.45) is -6.66. The minimum atomic E-state index is -5.41. The lowest BCUT2D eigenvalue weighted by Crippen LogP contribution is -2.19. The number of carbonyl (C=O) groups excluding carboxylic acids is 2. The molecule has 0 saturated carbocycles. The molecule has 0 atom stereocenters. The first-order chi connectivity index (χ1) is 9.54. The maximum absolute atomic E-state index is 13.5. The van der Waals surface area contributed by atoms with E-state index in [4.69, 9.17) is 5.11 Å². The van der Waals surface area contributed by atoms with Crippen LogP contribution < -0.4 is 0 Å². The van der Waals surface area contributed by atoms with Crippen LogP contribution in [-0.2, 0) is 20.5 Å². The van der Waals surface area contributed by atoms with Crippen LogP contribution in [0, 0.1) is 11.6 Å². The first-order valence-corrected chi connectivity index (χ1v) is 5.06. The van der Waals surface area contributed by atoms with Crippen LogP contribution in [0.25, 0.3) is 0 Å². The van der Waals surface area contributed by atoms with E-state index in [-0.39, 0.29) is 6.07 Å². The van der Waals surface area contributed by atoms with Gasteiger partial charge in [-0.1, -0.05) is 0 Å². The topological polar surface area (TPSA) is 80.7 Å². The standard InChI is InChI=1S/C11H5F5O5/c12-5-2-1-4(9(13)8(5)11(14,15)16)10(20)21-7(19)3-6(17)18/h1-2H,3H2,(H,17,18). The Morgan fingerprint density at radius 3 is 2.19 bits per heavy atom. The van der Waals surface area contributed by atoms with Gasteiger partial charge in [0.1, 0.15) is 17.8 Å². The fourth-order valence-electron chi connectivity index (χ4n) is 1.29. The molecule has 1 aromatic rings. The van der Waals surface area contributed by atoms with Gasteiger partial charge >= 0.3 is 24.1 Å². The Balaban J connectivity index is 3.12. The number of halogens is 5. The third kappa shape index (κ3) is 3.97. The van der Waals surface area contributed by atoms with E-state index in [9.17, 15) is 36.3 Å². The van der Waals surface area contributed by atoms with Crippen molar-refractivity contribution in [1.29, 1.82) is 0 Å². The largest absolute Gasteiger partial charge is 0.481 e. The van der Waals surface area contributed by atoms with Crippen molar-refractivity contribution >= 4 is 17.9 Å². The number of aliphatic carboxylic acids is 1. The molecule has 5 nitrogen and oxygen atoms in total. The number of carboxylic acids is 1. The number of hydrogen-bond donors (Lipinski definition) is 1. The van der Waals surface area contributed by atoms with E-state index in [1.165, 1.54) is 0 Å². The molecule has 0 heterocycles. The molecule has 0 fully saturated rings. The van der Waals surface area contributed by atoms with Crippen LogP contribution in [-0.4, -0.2) is 23.0 Å². The van der Waals surface area contributed by atoms with Gasteiger partial charge in [0.25, 0.3) is 0 Å². The van der Waals surface area contributed by atoms with Gasteiger partial charge in [0.2, 0.25) is 0 Å². The molecule has 0 radical (unpaired) electrons. The van der Waals surface area contributed by atoms with Crippen LogP contribution in [0.4, 0.5) is 22.0 Å². The minimum Gasteiger partial charge on any atom is -0.481 e. The number of rotatable bonds is 3. The minimum absolute atomic E-state index is 0.171. The summed E-state index contributed by atoms with van der Waals surface area (Å²) in [5, 5.41) is 8.22. The second-order valence-electron chi connectivity index (χ2n) is 3.61. The highest BCUT2D eigenvalue weighted by Crippen LogP contribution is 2.34. The van der Waals surface area contributed by atoms with E-state index < -0.39 is 53.3 Å². The number of esters is 2. The maximum Gasteiger partial charge on any atom is 0.422 e. The van der Waals surface area contributed by atoms with Crippen LogP contribution >= 0.6 is 0 Å². The van der Waals surface area contributed by atoms with E-state index in [0.717, 1.165) is 0 Å². The molecule has 0 saturated heterocycles. The first kappa shape index (κ1) is 16.5. The molecule has 0 aliphatic rings. The normalized spacial score (nSPS) is 11.1. The highest BCUT2D eigenvalue weighted by atomic mass is 19.4. The van der Waals surface area contributed by atoms with Gasteiger partial charge in [0, 0.05) is 0 Å². The SMILES string of the molecule is O=C(O)CC(=O)OC(=O)c1ccc(F)c(C(F)(F)F)c1F. The molecular formula is C11H5F5O5. The molecule has 0 aliphatic carbocycles. The van der Waals surface area contributed by atoms with E-state index in [0.29, 0.717) is 6.07 Å². The predicted molar refractivity (Wildman–Crippen MR) is 54.0 cm³/mol. The van der Waals surface area contributed by atoms with Crippen LogP contribution in [0.3, 0.4) is 0 Å². The molecule has 0 bridgehead atoms. The first-order valence-electron chi connectivity index (χ1n) is 5.06. The lowest BCUT2D eigenvalue weighted by molar-refractivity contribution is -0.147. The maximum atomic E-state index is 13.5. The summed E-state index contributed by atoms with van der Waals surface area (Å²) in [5.41, 5.74) is -3.66. The molecule has 1 aromatic carbocycles. The van der Waals surface area contributed by atoms with Gasteiger partial charge in [-0.15, -0.1) is 0 Å². The van der Waals surface area contributed by atoms with Crippen molar-refractivity contribution in [2.45, 2.75) is 12.6 Å². The smallest absolute Gasteiger partial charge is 0.422 e. The predicted octanol–water partition coefficient (Wildman–Crippen LogP) is 2.14. The lowest BCUT2D eigenvalue weighted by Gasteiger charge is -2.11. The monoisotopic (exact) mass is 312 g/mol. The van der Waals surface area contributed by atoms with Gasteiger partial charge in [0.05, 0.1) is 5.56 Å². The highest BCUT2D eigenvalue weighted by Gasteiger charge is 2.39. The Labute approximate surface area is 112 Å².